The zero-order valence-electron chi connectivity index (χ0n) is 10.7. The summed E-state index contributed by atoms with van der Waals surface area (Å²) in [5.74, 6) is -1.10. The van der Waals surface area contributed by atoms with E-state index in [0.29, 0.717) is 19.8 Å². The molecule has 7 heteroatoms. The number of nitrogens with one attached hydrogen (secondary N) is 1. The highest BCUT2D eigenvalue weighted by molar-refractivity contribution is 5.83. The third kappa shape index (κ3) is 4.88. The Morgan fingerprint density at radius 2 is 2.21 bits per heavy atom. The summed E-state index contributed by atoms with van der Waals surface area (Å²) in [4.78, 5) is 23.8. The molecule has 2 amide bonds. The fourth-order valence-corrected chi connectivity index (χ4v) is 1.87. The number of carbonyl (C=O) groups excluding carboxylic acids is 1. The van der Waals surface area contributed by atoms with E-state index in [4.69, 9.17) is 9.84 Å². The van der Waals surface area contributed by atoms with E-state index in [0.717, 1.165) is 11.3 Å². The van der Waals surface area contributed by atoms with E-state index in [1.54, 1.807) is 6.08 Å². The summed E-state index contributed by atoms with van der Waals surface area (Å²) < 4.78 is 5.21. The molecule has 1 aliphatic heterocycles. The Morgan fingerprint density at radius 3 is 2.84 bits per heavy atom. The van der Waals surface area contributed by atoms with Gasteiger partial charge in [-0.1, -0.05) is 6.08 Å². The first kappa shape index (κ1) is 15.5. The quantitative estimate of drug-likeness (QED) is 0.440. The maximum absolute atomic E-state index is 11.8. The summed E-state index contributed by atoms with van der Waals surface area (Å²) in [7, 11) is 0. The van der Waals surface area contributed by atoms with Crippen LogP contribution in [0, 0.1) is 0 Å². The highest BCUT2D eigenvalue weighted by atomic mass is 16.5. The van der Waals surface area contributed by atoms with Crippen molar-refractivity contribution in [2.24, 2.45) is 0 Å². The van der Waals surface area contributed by atoms with Gasteiger partial charge in [-0.05, 0) is 6.42 Å². The maximum Gasteiger partial charge on any atom is 0.326 e. The van der Waals surface area contributed by atoms with Crippen molar-refractivity contribution in [3.8, 4) is 0 Å². The van der Waals surface area contributed by atoms with Gasteiger partial charge in [0, 0.05) is 19.5 Å². The molecule has 0 radical (unpaired) electrons. The van der Waals surface area contributed by atoms with Crippen LogP contribution in [0.25, 0.3) is 0 Å². The number of nitrogens with zero attached hydrogens (tertiary/aromatic N) is 1. The first-order valence-corrected chi connectivity index (χ1v) is 6.20. The first-order chi connectivity index (χ1) is 9.06. The Balaban J connectivity index is 2.28. The van der Waals surface area contributed by atoms with Crippen molar-refractivity contribution < 1.29 is 24.5 Å². The van der Waals surface area contributed by atoms with E-state index >= 15 is 0 Å². The number of aliphatic hydroxyl groups excluding tert-OH is 1. The number of urea groups is 1. The van der Waals surface area contributed by atoms with Gasteiger partial charge in [-0.25, -0.2) is 9.59 Å². The Morgan fingerprint density at radius 1 is 1.47 bits per heavy atom. The van der Waals surface area contributed by atoms with Crippen LogP contribution in [-0.4, -0.2) is 65.6 Å². The second-order valence-electron chi connectivity index (χ2n) is 4.32. The average Bonchev–Trinajstić information content (AvgIpc) is 2.76. The molecule has 0 aliphatic carbocycles. The fraction of sp³-hybridized carbons (Fsp3) is 0.667. The number of carboxylic acids is 1. The van der Waals surface area contributed by atoms with E-state index in [9.17, 15) is 14.7 Å². The Kier molecular flexibility index (Phi) is 6.31. The normalized spacial score (nSPS) is 22.3. The highest BCUT2D eigenvalue weighted by Gasteiger charge is 2.38. The van der Waals surface area contributed by atoms with Gasteiger partial charge in [0.05, 0.1) is 19.3 Å². The number of aliphatic carboxylic acids is 1. The number of amides is 2. The summed E-state index contributed by atoms with van der Waals surface area (Å²) >= 11 is 0. The number of aliphatic hydroxyl groups is 1. The van der Waals surface area contributed by atoms with Crippen LogP contribution in [0.5, 0.6) is 0 Å². The number of rotatable bonds is 7. The number of ether oxygens (including phenoxy) is 1. The van der Waals surface area contributed by atoms with Crippen LogP contribution in [0.3, 0.4) is 0 Å². The number of hydrogen-bond donors (Lipinski definition) is 3. The van der Waals surface area contributed by atoms with Gasteiger partial charge in [0.1, 0.15) is 6.04 Å². The minimum absolute atomic E-state index is 0.0418. The van der Waals surface area contributed by atoms with Crippen LogP contribution >= 0.6 is 0 Å². The zero-order valence-corrected chi connectivity index (χ0v) is 10.7. The minimum atomic E-state index is -1.10. The molecule has 19 heavy (non-hydrogen) atoms. The second-order valence-corrected chi connectivity index (χ2v) is 4.32. The SMILES string of the molecule is C=CCCOCCNC(=O)N1CC(O)CC1C(=O)O. The van der Waals surface area contributed by atoms with Crippen LogP contribution in [0.2, 0.25) is 0 Å². The standard InChI is InChI=1S/C12H20N2O5/c1-2-3-5-19-6-4-13-12(18)14-8-9(15)7-10(14)11(16)17/h2,9-10,15H,1,3-8H2,(H,13,18)(H,16,17). The summed E-state index contributed by atoms with van der Waals surface area (Å²) in [6.45, 7) is 4.79. The van der Waals surface area contributed by atoms with Crippen LogP contribution in [0.1, 0.15) is 12.8 Å². The molecular weight excluding hydrogens is 252 g/mol. The Bertz CT molecular complexity index is 334. The topological polar surface area (TPSA) is 99.1 Å². The minimum Gasteiger partial charge on any atom is -0.480 e. The van der Waals surface area contributed by atoms with Crippen molar-refractivity contribution in [3.05, 3.63) is 12.7 Å². The molecule has 1 rings (SSSR count). The van der Waals surface area contributed by atoms with Crippen molar-refractivity contribution >= 4 is 12.0 Å². The van der Waals surface area contributed by atoms with Gasteiger partial charge in [-0.2, -0.15) is 0 Å². The number of hydrogen-bond acceptors (Lipinski definition) is 4. The van der Waals surface area contributed by atoms with Crippen molar-refractivity contribution in [3.63, 3.8) is 0 Å². The van der Waals surface area contributed by atoms with E-state index < -0.39 is 24.1 Å². The van der Waals surface area contributed by atoms with Crippen LogP contribution in [0.15, 0.2) is 12.7 Å². The molecule has 108 valence electrons. The van der Waals surface area contributed by atoms with E-state index in [1.807, 2.05) is 0 Å². The first-order valence-electron chi connectivity index (χ1n) is 6.20. The Labute approximate surface area is 111 Å². The molecule has 2 atom stereocenters. The summed E-state index contributed by atoms with van der Waals surface area (Å²) in [5.41, 5.74) is 0. The van der Waals surface area contributed by atoms with E-state index in [-0.39, 0.29) is 13.0 Å². The smallest absolute Gasteiger partial charge is 0.326 e. The third-order valence-corrected chi connectivity index (χ3v) is 2.81. The van der Waals surface area contributed by atoms with Crippen LogP contribution in [0.4, 0.5) is 4.79 Å². The maximum atomic E-state index is 11.8. The van der Waals surface area contributed by atoms with Gasteiger partial charge < -0.3 is 25.2 Å². The molecule has 0 saturated carbocycles. The molecule has 3 N–H and O–H groups in total. The van der Waals surface area contributed by atoms with Crippen LogP contribution in [-0.2, 0) is 9.53 Å². The van der Waals surface area contributed by atoms with Crippen LogP contribution < -0.4 is 5.32 Å². The van der Waals surface area contributed by atoms with Crippen molar-refractivity contribution in [2.75, 3.05) is 26.3 Å². The molecule has 1 heterocycles. The Hall–Kier alpha value is -1.60. The molecule has 1 fully saturated rings. The lowest BCUT2D eigenvalue weighted by molar-refractivity contribution is -0.141. The van der Waals surface area contributed by atoms with Crippen molar-refractivity contribution in [2.45, 2.75) is 25.0 Å². The highest BCUT2D eigenvalue weighted by Crippen LogP contribution is 2.17. The fourth-order valence-electron chi connectivity index (χ4n) is 1.87. The predicted molar refractivity (Wildman–Crippen MR) is 67.8 cm³/mol. The number of β-amino-alcohol motifs (C(OH)–C–C–N with tert-alkyl or cyclic N) is 1. The lowest BCUT2D eigenvalue weighted by Crippen LogP contribution is -2.46. The molecule has 0 aromatic rings. The number of likely N-dealkylation sites (tertiary alicyclic amines) is 1. The number of carbonyl (C=O) groups is 2. The van der Waals surface area contributed by atoms with Gasteiger partial charge in [-0.15, -0.1) is 6.58 Å². The van der Waals surface area contributed by atoms with Gasteiger partial charge in [0.15, 0.2) is 0 Å². The van der Waals surface area contributed by atoms with Gasteiger partial charge in [0.2, 0.25) is 0 Å². The number of carboxylic acid groups (broad SMARTS) is 1. The largest absolute Gasteiger partial charge is 0.480 e. The molecular formula is C12H20N2O5. The summed E-state index contributed by atoms with van der Waals surface area (Å²) in [5, 5.41) is 20.9. The van der Waals surface area contributed by atoms with Gasteiger partial charge in [0.25, 0.3) is 0 Å². The predicted octanol–water partition coefficient (Wildman–Crippen LogP) is -0.191. The van der Waals surface area contributed by atoms with Crippen molar-refractivity contribution in [1.82, 2.24) is 10.2 Å². The summed E-state index contributed by atoms with van der Waals surface area (Å²) in [6.07, 6.45) is 1.77. The van der Waals surface area contributed by atoms with Crippen molar-refractivity contribution in [1.29, 1.82) is 0 Å². The third-order valence-electron chi connectivity index (χ3n) is 2.81. The molecule has 0 aromatic carbocycles. The van der Waals surface area contributed by atoms with Gasteiger partial charge >= 0.3 is 12.0 Å². The summed E-state index contributed by atoms with van der Waals surface area (Å²) in [6, 6.07) is -1.45. The zero-order chi connectivity index (χ0) is 14.3. The monoisotopic (exact) mass is 272 g/mol. The lowest BCUT2D eigenvalue weighted by atomic mass is 10.2. The van der Waals surface area contributed by atoms with Gasteiger partial charge in [-0.3, -0.25) is 0 Å². The molecule has 0 aromatic heterocycles. The molecule has 7 nitrogen and oxygen atoms in total. The molecule has 1 aliphatic rings. The molecule has 1 saturated heterocycles. The van der Waals surface area contributed by atoms with E-state index in [1.165, 1.54) is 0 Å². The molecule has 0 spiro atoms. The second kappa shape index (κ2) is 7.75. The average molecular weight is 272 g/mol. The molecule has 0 bridgehead atoms. The lowest BCUT2D eigenvalue weighted by Gasteiger charge is -2.21. The molecule has 2 unspecified atom stereocenters. The van der Waals surface area contributed by atoms with E-state index in [2.05, 4.69) is 11.9 Å².